The number of pyridine rings is 1. The highest BCUT2D eigenvalue weighted by Crippen LogP contribution is 2.42. The second-order valence-corrected chi connectivity index (χ2v) is 7.77. The van der Waals surface area contributed by atoms with Gasteiger partial charge in [-0.05, 0) is 43.5 Å². The van der Waals surface area contributed by atoms with E-state index >= 15 is 0 Å². The van der Waals surface area contributed by atoms with E-state index in [1.165, 1.54) is 0 Å². The monoisotopic (exact) mass is 426 g/mol. The second kappa shape index (κ2) is 8.56. The minimum Gasteiger partial charge on any atom is -0.385 e. The minimum absolute atomic E-state index is 0.00207. The molecule has 1 aliphatic heterocycles. The molecule has 0 radical (unpaired) electrons. The third kappa shape index (κ3) is 3.60. The Balaban J connectivity index is 1.81. The summed E-state index contributed by atoms with van der Waals surface area (Å²) < 4.78 is 12.6. The minimum atomic E-state index is 0.00207. The molecule has 0 bridgehead atoms. The lowest BCUT2D eigenvalue weighted by Gasteiger charge is -2.21. The summed E-state index contributed by atoms with van der Waals surface area (Å²) in [4.78, 5) is 6.85. The van der Waals surface area contributed by atoms with Crippen LogP contribution in [0, 0.1) is 18.3 Å². The van der Waals surface area contributed by atoms with Crippen molar-refractivity contribution in [2.75, 3.05) is 38.9 Å². The molecule has 1 aromatic carbocycles. The van der Waals surface area contributed by atoms with E-state index in [4.69, 9.17) is 26.1 Å². The van der Waals surface area contributed by atoms with Gasteiger partial charge in [-0.1, -0.05) is 16.8 Å². The van der Waals surface area contributed by atoms with Gasteiger partial charge in [-0.15, -0.1) is 5.10 Å². The maximum absolute atomic E-state index is 9.24. The standard InChI is InChI=1S/C21H23ClN6O2/c1-13-8-18-19(25-26-28(18)16(12-30-3)5-7-29-2)21(24-13)27-6-4-15-9-14(11-23)10-17(22)20(15)27/h8-10,16H,4-7,12H2,1-3H3/t16-/m1/s1. The first-order valence-corrected chi connectivity index (χ1v) is 10.2. The molecular weight excluding hydrogens is 404 g/mol. The number of halogens is 1. The SMILES string of the molecule is COCC[C@H](COC)n1nnc2c(N3CCc4cc(C#N)cc(Cl)c43)nc(C)cc21. The van der Waals surface area contributed by atoms with Crippen LogP contribution in [0.5, 0.6) is 0 Å². The number of anilines is 2. The molecule has 0 spiro atoms. The van der Waals surface area contributed by atoms with Crippen LogP contribution in [-0.2, 0) is 15.9 Å². The van der Waals surface area contributed by atoms with Crippen LogP contribution in [-0.4, -0.2) is 54.0 Å². The van der Waals surface area contributed by atoms with E-state index in [2.05, 4.69) is 21.3 Å². The first kappa shape index (κ1) is 20.5. The van der Waals surface area contributed by atoms with Gasteiger partial charge in [0.05, 0.1) is 40.5 Å². The normalized spacial score (nSPS) is 14.2. The predicted molar refractivity (Wildman–Crippen MR) is 114 cm³/mol. The van der Waals surface area contributed by atoms with Gasteiger partial charge in [0.25, 0.3) is 0 Å². The summed E-state index contributed by atoms with van der Waals surface area (Å²) in [7, 11) is 3.36. The maximum atomic E-state index is 9.24. The topological polar surface area (TPSA) is 89.1 Å². The summed E-state index contributed by atoms with van der Waals surface area (Å²) in [5.41, 5.74) is 4.97. The van der Waals surface area contributed by atoms with Crippen molar-refractivity contribution < 1.29 is 9.47 Å². The zero-order chi connectivity index (χ0) is 21.3. The summed E-state index contributed by atoms with van der Waals surface area (Å²) in [5, 5.41) is 18.7. The number of nitrogens with zero attached hydrogens (tertiary/aromatic N) is 6. The molecule has 3 aromatic rings. The molecule has 2 aromatic heterocycles. The van der Waals surface area contributed by atoms with E-state index in [9.17, 15) is 5.26 Å². The Kier molecular flexibility index (Phi) is 5.86. The molecule has 3 heterocycles. The molecule has 0 fully saturated rings. The summed E-state index contributed by atoms with van der Waals surface area (Å²) in [5.74, 6) is 0.726. The van der Waals surface area contributed by atoms with E-state index < -0.39 is 0 Å². The first-order chi connectivity index (χ1) is 14.6. The summed E-state index contributed by atoms with van der Waals surface area (Å²) in [6.45, 7) is 3.78. The van der Waals surface area contributed by atoms with Crippen LogP contribution in [0.25, 0.3) is 11.0 Å². The van der Waals surface area contributed by atoms with E-state index in [1.54, 1.807) is 20.3 Å². The number of benzene rings is 1. The number of aryl methyl sites for hydroxylation is 1. The molecule has 156 valence electrons. The summed E-state index contributed by atoms with van der Waals surface area (Å²) in [6, 6.07) is 7.75. The molecule has 0 aliphatic carbocycles. The second-order valence-electron chi connectivity index (χ2n) is 7.36. The van der Waals surface area contributed by atoms with Crippen LogP contribution in [0.2, 0.25) is 5.02 Å². The summed E-state index contributed by atoms with van der Waals surface area (Å²) >= 11 is 6.55. The van der Waals surface area contributed by atoms with Crippen LogP contribution in [0.4, 0.5) is 11.5 Å². The number of ether oxygens (including phenoxy) is 2. The molecular formula is C21H23ClN6O2. The van der Waals surface area contributed by atoms with Gasteiger partial charge in [0.15, 0.2) is 11.3 Å². The van der Waals surface area contributed by atoms with Gasteiger partial charge in [-0.2, -0.15) is 5.26 Å². The molecule has 0 N–H and O–H groups in total. The van der Waals surface area contributed by atoms with Crippen LogP contribution in [0.3, 0.4) is 0 Å². The van der Waals surface area contributed by atoms with Crippen molar-refractivity contribution in [2.24, 2.45) is 0 Å². The van der Waals surface area contributed by atoms with Crippen LogP contribution in [0.1, 0.15) is 29.3 Å². The highest BCUT2D eigenvalue weighted by Gasteiger charge is 2.29. The van der Waals surface area contributed by atoms with Gasteiger partial charge in [0.1, 0.15) is 0 Å². The lowest BCUT2D eigenvalue weighted by Crippen LogP contribution is -2.19. The lowest BCUT2D eigenvalue weighted by molar-refractivity contribution is 0.117. The van der Waals surface area contributed by atoms with Crippen molar-refractivity contribution in [3.05, 3.63) is 40.0 Å². The third-order valence-electron chi connectivity index (χ3n) is 5.33. The number of hydrogen-bond donors (Lipinski definition) is 0. The average molecular weight is 427 g/mol. The maximum Gasteiger partial charge on any atom is 0.163 e. The van der Waals surface area contributed by atoms with Gasteiger partial charge >= 0.3 is 0 Å². The number of methoxy groups -OCH3 is 2. The van der Waals surface area contributed by atoms with Crippen LogP contribution in [0.15, 0.2) is 18.2 Å². The molecule has 1 atom stereocenters. The van der Waals surface area contributed by atoms with Gasteiger partial charge < -0.3 is 14.4 Å². The number of rotatable bonds is 7. The van der Waals surface area contributed by atoms with Crippen molar-refractivity contribution in [3.8, 4) is 6.07 Å². The molecule has 30 heavy (non-hydrogen) atoms. The Morgan fingerprint density at radius 3 is 2.83 bits per heavy atom. The van der Waals surface area contributed by atoms with Gasteiger partial charge in [-0.25, -0.2) is 9.67 Å². The Morgan fingerprint density at radius 2 is 2.10 bits per heavy atom. The van der Waals surface area contributed by atoms with Gasteiger partial charge in [0, 0.05) is 33.1 Å². The number of fused-ring (bicyclic) bond motifs is 2. The Hall–Kier alpha value is -2.73. The van der Waals surface area contributed by atoms with E-state index in [1.807, 2.05) is 23.7 Å². The van der Waals surface area contributed by atoms with Crippen molar-refractivity contribution in [1.82, 2.24) is 20.0 Å². The number of nitriles is 1. The number of hydrogen-bond acceptors (Lipinski definition) is 7. The lowest BCUT2D eigenvalue weighted by atomic mass is 10.1. The quantitative estimate of drug-likeness (QED) is 0.570. The Labute approximate surface area is 180 Å². The highest BCUT2D eigenvalue weighted by molar-refractivity contribution is 6.34. The van der Waals surface area contributed by atoms with Crippen LogP contribution >= 0.6 is 11.6 Å². The molecule has 0 saturated heterocycles. The van der Waals surface area contributed by atoms with Crippen LogP contribution < -0.4 is 4.90 Å². The first-order valence-electron chi connectivity index (χ1n) is 9.77. The Morgan fingerprint density at radius 1 is 1.27 bits per heavy atom. The molecule has 4 rings (SSSR count). The smallest absolute Gasteiger partial charge is 0.163 e. The fourth-order valence-corrected chi connectivity index (χ4v) is 4.34. The highest BCUT2D eigenvalue weighted by atomic mass is 35.5. The zero-order valence-corrected chi connectivity index (χ0v) is 18.0. The molecule has 8 nitrogen and oxygen atoms in total. The fraction of sp³-hybridized carbons (Fsp3) is 0.429. The van der Waals surface area contributed by atoms with Crippen molar-refractivity contribution in [1.29, 1.82) is 5.26 Å². The predicted octanol–water partition coefficient (Wildman–Crippen LogP) is 3.58. The molecule has 9 heteroatoms. The molecule has 0 amide bonds. The van der Waals surface area contributed by atoms with Gasteiger partial charge in [0.2, 0.25) is 0 Å². The third-order valence-corrected chi connectivity index (χ3v) is 5.62. The fourth-order valence-electron chi connectivity index (χ4n) is 3.99. The van der Waals surface area contributed by atoms with Crippen molar-refractivity contribution >= 4 is 34.1 Å². The molecule has 1 aliphatic rings. The van der Waals surface area contributed by atoms with E-state index in [0.29, 0.717) is 35.9 Å². The molecule has 0 saturated carbocycles. The zero-order valence-electron chi connectivity index (χ0n) is 17.2. The average Bonchev–Trinajstić information content (AvgIpc) is 3.35. The van der Waals surface area contributed by atoms with Crippen molar-refractivity contribution in [2.45, 2.75) is 25.8 Å². The van der Waals surface area contributed by atoms with Crippen molar-refractivity contribution in [3.63, 3.8) is 0 Å². The van der Waals surface area contributed by atoms with E-state index in [-0.39, 0.29) is 6.04 Å². The molecule has 0 unspecified atom stereocenters. The number of aromatic nitrogens is 4. The van der Waals surface area contributed by atoms with Gasteiger partial charge in [-0.3, -0.25) is 0 Å². The Bertz CT molecular complexity index is 1120. The largest absolute Gasteiger partial charge is 0.385 e. The summed E-state index contributed by atoms with van der Waals surface area (Å²) in [6.07, 6.45) is 1.55. The van der Waals surface area contributed by atoms with E-state index in [0.717, 1.165) is 41.1 Å².